The van der Waals surface area contributed by atoms with Crippen molar-refractivity contribution in [2.24, 2.45) is 0 Å². The zero-order chi connectivity index (χ0) is 22.9. The summed E-state index contributed by atoms with van der Waals surface area (Å²) in [6.45, 7) is 4.29. The standard InChI is InChI=1S/C21H31N5O5S/c1-21(7-8-21)31-20(27)24-9-3-17(4-10-24)26-19(13-22)16(14-23-26)15-30-18-5-11-25(12-6-18)32(2,28)29/h14,17-18H,3-12,15H2,1-2H3. The third-order valence-electron chi connectivity index (χ3n) is 6.68. The van der Waals surface area contributed by atoms with Crippen LogP contribution in [0.15, 0.2) is 6.20 Å². The first-order valence-electron chi connectivity index (χ1n) is 11.2. The third kappa shape index (κ3) is 5.24. The van der Waals surface area contributed by atoms with Gasteiger partial charge in [-0.15, -0.1) is 0 Å². The summed E-state index contributed by atoms with van der Waals surface area (Å²) in [6, 6.07) is 2.31. The summed E-state index contributed by atoms with van der Waals surface area (Å²) in [7, 11) is -3.16. The summed E-state index contributed by atoms with van der Waals surface area (Å²) in [5, 5.41) is 14.2. The van der Waals surface area contributed by atoms with E-state index in [2.05, 4.69) is 11.2 Å². The van der Waals surface area contributed by atoms with Gasteiger partial charge >= 0.3 is 6.09 Å². The number of rotatable bonds is 6. The summed E-state index contributed by atoms with van der Waals surface area (Å²) in [6.07, 6.45) is 7.17. The van der Waals surface area contributed by atoms with E-state index >= 15 is 0 Å². The number of aromatic nitrogens is 2. The van der Waals surface area contributed by atoms with Crippen LogP contribution in [0.3, 0.4) is 0 Å². The molecule has 3 heterocycles. The highest BCUT2D eigenvalue weighted by molar-refractivity contribution is 7.88. The number of amides is 1. The van der Waals surface area contributed by atoms with Gasteiger partial charge in [0, 0.05) is 31.7 Å². The van der Waals surface area contributed by atoms with Crippen molar-refractivity contribution in [2.75, 3.05) is 32.4 Å². The van der Waals surface area contributed by atoms with Crippen molar-refractivity contribution >= 4 is 16.1 Å². The van der Waals surface area contributed by atoms with E-state index < -0.39 is 10.0 Å². The first kappa shape index (κ1) is 23.0. The van der Waals surface area contributed by atoms with Gasteiger partial charge in [0.25, 0.3) is 0 Å². The average Bonchev–Trinajstić information content (AvgIpc) is 3.34. The molecule has 4 rings (SSSR count). The molecule has 11 heteroatoms. The first-order valence-corrected chi connectivity index (χ1v) is 13.0. The highest BCUT2D eigenvalue weighted by Crippen LogP contribution is 2.39. The van der Waals surface area contributed by atoms with E-state index in [0.29, 0.717) is 57.6 Å². The number of hydrogen-bond acceptors (Lipinski definition) is 7. The minimum absolute atomic E-state index is 0.0366. The van der Waals surface area contributed by atoms with E-state index in [9.17, 15) is 18.5 Å². The van der Waals surface area contributed by atoms with E-state index in [-0.39, 0.29) is 30.4 Å². The Morgan fingerprint density at radius 3 is 2.44 bits per heavy atom. The maximum atomic E-state index is 12.3. The first-order chi connectivity index (χ1) is 15.2. The molecule has 1 aromatic heterocycles. The fraction of sp³-hybridized carbons (Fsp3) is 0.762. The molecule has 0 N–H and O–H groups in total. The van der Waals surface area contributed by atoms with E-state index in [4.69, 9.17) is 9.47 Å². The molecule has 3 aliphatic rings. The molecule has 0 spiro atoms. The molecular formula is C21H31N5O5S. The Balaban J connectivity index is 1.29. The molecule has 1 aliphatic carbocycles. The number of nitriles is 1. The normalized spacial score (nSPS) is 22.5. The average molecular weight is 466 g/mol. The van der Waals surface area contributed by atoms with Crippen LogP contribution >= 0.6 is 0 Å². The van der Waals surface area contributed by atoms with Crippen LogP contribution in [0.1, 0.15) is 62.7 Å². The lowest BCUT2D eigenvalue weighted by Gasteiger charge is -2.32. The number of nitrogens with zero attached hydrogens (tertiary/aromatic N) is 5. The summed E-state index contributed by atoms with van der Waals surface area (Å²) < 4.78 is 38.0. The number of sulfonamides is 1. The van der Waals surface area contributed by atoms with Crippen LogP contribution in [-0.2, 0) is 26.1 Å². The van der Waals surface area contributed by atoms with Gasteiger partial charge in [-0.3, -0.25) is 4.68 Å². The fourth-order valence-corrected chi connectivity index (χ4v) is 5.16. The molecular weight excluding hydrogens is 434 g/mol. The highest BCUT2D eigenvalue weighted by Gasteiger charge is 2.43. The summed E-state index contributed by atoms with van der Waals surface area (Å²) in [5.74, 6) is 0. The monoisotopic (exact) mass is 465 g/mol. The zero-order valence-corrected chi connectivity index (χ0v) is 19.5. The van der Waals surface area contributed by atoms with Crippen LogP contribution in [-0.4, -0.2) is 77.6 Å². The second kappa shape index (κ2) is 9.00. The molecule has 2 saturated heterocycles. The van der Waals surface area contributed by atoms with E-state index in [1.165, 1.54) is 10.6 Å². The molecule has 0 unspecified atom stereocenters. The molecule has 0 bridgehead atoms. The van der Waals surface area contributed by atoms with Crippen molar-refractivity contribution in [2.45, 2.75) is 69.8 Å². The van der Waals surface area contributed by atoms with Crippen LogP contribution < -0.4 is 0 Å². The molecule has 1 aromatic rings. The Morgan fingerprint density at radius 1 is 1.22 bits per heavy atom. The smallest absolute Gasteiger partial charge is 0.410 e. The van der Waals surface area contributed by atoms with Crippen molar-refractivity contribution in [3.8, 4) is 6.07 Å². The quantitative estimate of drug-likeness (QED) is 0.631. The number of hydrogen-bond donors (Lipinski definition) is 0. The second-order valence-corrected chi connectivity index (χ2v) is 11.3. The summed E-state index contributed by atoms with van der Waals surface area (Å²) in [5.41, 5.74) is 0.951. The largest absolute Gasteiger partial charge is 0.443 e. The molecule has 1 saturated carbocycles. The lowest BCUT2D eigenvalue weighted by Crippen LogP contribution is -2.41. The molecule has 0 aromatic carbocycles. The van der Waals surface area contributed by atoms with Gasteiger partial charge in [0.1, 0.15) is 17.4 Å². The lowest BCUT2D eigenvalue weighted by atomic mass is 10.1. The van der Waals surface area contributed by atoms with E-state index in [1.807, 2.05) is 6.92 Å². The van der Waals surface area contributed by atoms with E-state index in [0.717, 1.165) is 18.4 Å². The Morgan fingerprint density at radius 2 is 1.88 bits per heavy atom. The molecule has 3 fully saturated rings. The third-order valence-corrected chi connectivity index (χ3v) is 7.98. The van der Waals surface area contributed by atoms with Gasteiger partial charge < -0.3 is 14.4 Å². The molecule has 0 radical (unpaired) electrons. The van der Waals surface area contributed by atoms with Crippen molar-refractivity contribution < 1.29 is 22.7 Å². The molecule has 0 atom stereocenters. The zero-order valence-electron chi connectivity index (χ0n) is 18.7. The predicted molar refractivity (Wildman–Crippen MR) is 115 cm³/mol. The maximum Gasteiger partial charge on any atom is 0.410 e. The fourth-order valence-electron chi connectivity index (χ4n) is 4.29. The topological polar surface area (TPSA) is 118 Å². The number of ether oxygens (including phenoxy) is 2. The van der Waals surface area contributed by atoms with Gasteiger partial charge in [0.2, 0.25) is 10.0 Å². The minimum Gasteiger partial charge on any atom is -0.443 e. The Kier molecular flexibility index (Phi) is 6.47. The van der Waals surface area contributed by atoms with Gasteiger partial charge in [-0.05, 0) is 45.4 Å². The predicted octanol–water partition coefficient (Wildman–Crippen LogP) is 2.02. The Labute approximate surface area is 189 Å². The summed E-state index contributed by atoms with van der Waals surface area (Å²) in [4.78, 5) is 14.0. The van der Waals surface area contributed by atoms with Crippen LogP contribution in [0.2, 0.25) is 0 Å². The molecule has 2 aliphatic heterocycles. The van der Waals surface area contributed by atoms with E-state index in [1.54, 1.807) is 15.8 Å². The molecule has 32 heavy (non-hydrogen) atoms. The Hall–Kier alpha value is -2.16. The molecule has 1 amide bonds. The van der Waals surface area contributed by atoms with Gasteiger partial charge in [0.15, 0.2) is 0 Å². The molecule has 10 nitrogen and oxygen atoms in total. The van der Waals surface area contributed by atoms with Crippen LogP contribution in [0, 0.1) is 11.3 Å². The van der Waals surface area contributed by atoms with Crippen molar-refractivity contribution in [1.29, 1.82) is 5.26 Å². The van der Waals surface area contributed by atoms with Gasteiger partial charge in [0.05, 0.1) is 31.2 Å². The number of piperidine rings is 2. The van der Waals surface area contributed by atoms with Gasteiger partial charge in [-0.25, -0.2) is 17.5 Å². The summed E-state index contributed by atoms with van der Waals surface area (Å²) >= 11 is 0. The maximum absolute atomic E-state index is 12.3. The van der Waals surface area contributed by atoms with Gasteiger partial charge in [-0.1, -0.05) is 0 Å². The number of carbonyl (C=O) groups is 1. The van der Waals surface area contributed by atoms with Gasteiger partial charge in [-0.2, -0.15) is 10.4 Å². The van der Waals surface area contributed by atoms with Crippen molar-refractivity contribution in [3.63, 3.8) is 0 Å². The van der Waals surface area contributed by atoms with Crippen LogP contribution in [0.4, 0.5) is 4.79 Å². The molecule has 176 valence electrons. The lowest BCUT2D eigenvalue weighted by molar-refractivity contribution is 0.0101. The SMILES string of the molecule is CC1(OC(=O)N2CCC(n3ncc(COC4CCN(S(C)(=O)=O)CC4)c3C#N)CC2)CC1. The second-order valence-electron chi connectivity index (χ2n) is 9.28. The van der Waals surface area contributed by atoms with Crippen molar-refractivity contribution in [1.82, 2.24) is 19.0 Å². The van der Waals surface area contributed by atoms with Crippen LogP contribution in [0.25, 0.3) is 0 Å². The minimum atomic E-state index is -3.16. The Bertz CT molecular complexity index is 981. The number of carbonyl (C=O) groups excluding carboxylic acids is 1. The highest BCUT2D eigenvalue weighted by atomic mass is 32.2. The number of likely N-dealkylation sites (tertiary alicyclic amines) is 1. The van der Waals surface area contributed by atoms with Crippen LogP contribution in [0.5, 0.6) is 0 Å². The van der Waals surface area contributed by atoms with Crippen molar-refractivity contribution in [3.05, 3.63) is 17.5 Å².